The van der Waals surface area contributed by atoms with Crippen molar-refractivity contribution >= 4 is 22.6 Å². The molecule has 2 aromatic carbocycles. The molecule has 6 aliphatic rings. The van der Waals surface area contributed by atoms with Gasteiger partial charge >= 0.3 is 0 Å². The molecule has 5 fully saturated rings. The van der Waals surface area contributed by atoms with E-state index in [0.29, 0.717) is 36.2 Å². The summed E-state index contributed by atoms with van der Waals surface area (Å²) in [6.45, 7) is 4.02. The highest BCUT2D eigenvalue weighted by atomic mass is 16.5. The van der Waals surface area contributed by atoms with Crippen LogP contribution in [0.25, 0.3) is 10.8 Å². The third kappa shape index (κ3) is 4.93. The Morgan fingerprint density at radius 1 is 0.897 bits per heavy atom. The van der Waals surface area contributed by atoms with Gasteiger partial charge in [-0.05, 0) is 117 Å². The van der Waals surface area contributed by atoms with Crippen molar-refractivity contribution in [2.75, 3.05) is 39.4 Å². The van der Waals surface area contributed by atoms with E-state index in [4.69, 9.17) is 4.74 Å². The van der Waals surface area contributed by atoms with E-state index in [1.54, 1.807) is 0 Å². The summed E-state index contributed by atoms with van der Waals surface area (Å²) in [5.74, 6) is 2.86. The smallest absolute Gasteiger partial charge is 0.261 e. The molecule has 6 nitrogen and oxygen atoms in total. The van der Waals surface area contributed by atoms with Crippen LogP contribution in [-0.2, 0) is 4.74 Å². The second-order valence-electron chi connectivity index (χ2n) is 13.6. The summed E-state index contributed by atoms with van der Waals surface area (Å²) in [6.07, 6.45) is 11.2. The van der Waals surface area contributed by atoms with Crippen LogP contribution in [0.15, 0.2) is 36.4 Å². The molecule has 1 saturated heterocycles. The molecule has 6 heteroatoms. The lowest BCUT2D eigenvalue weighted by molar-refractivity contribution is -0.0743. The summed E-state index contributed by atoms with van der Waals surface area (Å²) in [7, 11) is 0. The zero-order chi connectivity index (χ0) is 26.6. The number of hydrogen-bond donors (Lipinski definition) is 1. The molecule has 1 N–H and O–H groups in total. The minimum Gasteiger partial charge on any atom is -0.389 e. The average molecular weight is 531 g/mol. The van der Waals surface area contributed by atoms with Gasteiger partial charge in [0.05, 0.1) is 12.7 Å². The second kappa shape index (κ2) is 10.3. The summed E-state index contributed by atoms with van der Waals surface area (Å²) in [4.78, 5) is 30.3. The van der Waals surface area contributed by atoms with Crippen LogP contribution in [0.3, 0.4) is 0 Å². The molecule has 208 valence electrons. The van der Waals surface area contributed by atoms with Crippen LogP contribution in [0, 0.1) is 29.1 Å². The van der Waals surface area contributed by atoms with Crippen LogP contribution >= 0.6 is 0 Å². The number of hydrogen-bond acceptors (Lipinski definition) is 5. The van der Waals surface area contributed by atoms with Gasteiger partial charge in [-0.2, -0.15) is 0 Å². The van der Waals surface area contributed by atoms with Gasteiger partial charge in [-0.25, -0.2) is 0 Å². The number of nitrogens with zero attached hydrogens (tertiary/aromatic N) is 2. The van der Waals surface area contributed by atoms with Gasteiger partial charge in [-0.15, -0.1) is 0 Å². The molecule has 2 aliphatic heterocycles. The Morgan fingerprint density at radius 3 is 2.08 bits per heavy atom. The molecule has 1 atom stereocenters. The van der Waals surface area contributed by atoms with E-state index in [9.17, 15) is 14.7 Å². The van der Waals surface area contributed by atoms with Crippen LogP contribution in [0.1, 0.15) is 78.5 Å². The number of carbonyl (C=O) groups is 2. The number of aliphatic hydroxyl groups excluding tert-OH is 1. The lowest BCUT2D eigenvalue weighted by atomic mass is 9.49. The Labute approximate surface area is 231 Å². The highest BCUT2D eigenvalue weighted by Crippen LogP contribution is 2.61. The third-order valence-corrected chi connectivity index (χ3v) is 10.7. The SMILES string of the molecule is O=C1c2cccc3cccc(c23)C(=O)N1CC1CCN(CC(O)COCCC23CC4CC(CC(C4)C2)C3)CC1. The second-order valence-corrected chi connectivity index (χ2v) is 13.6. The number of aliphatic hydroxyl groups is 1. The number of likely N-dealkylation sites (tertiary alicyclic amines) is 1. The summed E-state index contributed by atoms with van der Waals surface area (Å²) < 4.78 is 6.02. The lowest BCUT2D eigenvalue weighted by Crippen LogP contribution is -2.47. The Kier molecular flexibility index (Phi) is 6.77. The fourth-order valence-corrected chi connectivity index (χ4v) is 9.31. The summed E-state index contributed by atoms with van der Waals surface area (Å²) in [5.41, 5.74) is 1.80. The summed E-state index contributed by atoms with van der Waals surface area (Å²) in [6, 6.07) is 11.4. The van der Waals surface area contributed by atoms with Crippen LogP contribution in [0.4, 0.5) is 0 Å². The Hall–Kier alpha value is -2.28. The fourth-order valence-electron chi connectivity index (χ4n) is 9.31. The molecule has 2 aromatic rings. The average Bonchev–Trinajstić information content (AvgIpc) is 2.92. The van der Waals surface area contributed by atoms with Crippen LogP contribution in [-0.4, -0.2) is 72.2 Å². The minimum absolute atomic E-state index is 0.173. The number of benzene rings is 2. The van der Waals surface area contributed by atoms with Gasteiger partial charge in [0, 0.05) is 36.2 Å². The number of imide groups is 1. The van der Waals surface area contributed by atoms with Crippen molar-refractivity contribution in [3.05, 3.63) is 47.5 Å². The molecule has 4 saturated carbocycles. The fraction of sp³-hybridized carbons (Fsp3) is 0.636. The number of amides is 2. The zero-order valence-electron chi connectivity index (χ0n) is 23.0. The van der Waals surface area contributed by atoms with Gasteiger partial charge in [-0.3, -0.25) is 14.5 Å². The topological polar surface area (TPSA) is 70.1 Å². The summed E-state index contributed by atoms with van der Waals surface area (Å²) >= 11 is 0. The van der Waals surface area contributed by atoms with E-state index in [1.807, 2.05) is 36.4 Å². The monoisotopic (exact) mass is 530 g/mol. The van der Waals surface area contributed by atoms with E-state index in [2.05, 4.69) is 4.90 Å². The van der Waals surface area contributed by atoms with Gasteiger partial charge < -0.3 is 14.7 Å². The van der Waals surface area contributed by atoms with Crippen LogP contribution in [0.2, 0.25) is 0 Å². The van der Waals surface area contributed by atoms with E-state index in [1.165, 1.54) is 49.8 Å². The van der Waals surface area contributed by atoms with Crippen LogP contribution < -0.4 is 0 Å². The lowest BCUT2D eigenvalue weighted by Gasteiger charge is -2.57. The molecular weight excluding hydrogens is 488 g/mol. The Bertz CT molecular complexity index is 1160. The molecule has 4 aliphatic carbocycles. The predicted molar refractivity (Wildman–Crippen MR) is 151 cm³/mol. The molecule has 8 rings (SSSR count). The normalized spacial score (nSPS) is 31.4. The Balaban J connectivity index is 0.856. The Morgan fingerprint density at radius 2 is 1.49 bits per heavy atom. The highest BCUT2D eigenvalue weighted by Gasteiger charge is 2.50. The molecular formula is C33H42N2O4. The van der Waals surface area contributed by atoms with Crippen molar-refractivity contribution in [1.82, 2.24) is 9.80 Å². The molecule has 0 aromatic heterocycles. The van der Waals surface area contributed by atoms with Crippen molar-refractivity contribution in [2.45, 2.75) is 63.9 Å². The van der Waals surface area contributed by atoms with E-state index >= 15 is 0 Å². The predicted octanol–water partition coefficient (Wildman–Crippen LogP) is 5.13. The van der Waals surface area contributed by atoms with Gasteiger partial charge in [0.1, 0.15) is 0 Å². The number of rotatable bonds is 9. The molecule has 2 heterocycles. The third-order valence-electron chi connectivity index (χ3n) is 10.7. The number of β-amino-alcohol motifs (C(OH)–C–C–N with tert-alkyl or cyclic N) is 1. The van der Waals surface area contributed by atoms with E-state index < -0.39 is 6.10 Å². The van der Waals surface area contributed by atoms with Gasteiger partial charge in [0.2, 0.25) is 0 Å². The van der Waals surface area contributed by atoms with Gasteiger partial charge in [0.15, 0.2) is 0 Å². The van der Waals surface area contributed by atoms with E-state index in [-0.39, 0.29) is 17.7 Å². The van der Waals surface area contributed by atoms with Crippen molar-refractivity contribution < 1.29 is 19.4 Å². The van der Waals surface area contributed by atoms with Crippen LogP contribution in [0.5, 0.6) is 0 Å². The zero-order valence-corrected chi connectivity index (χ0v) is 23.0. The standard InChI is InChI=1S/C33H42N2O4/c36-27(21-39-12-9-33-16-23-13-24(17-33)15-25(14-23)18-33)20-34-10-7-22(8-11-34)19-35-31(37)28-5-1-3-26-4-2-6-29(30(26)28)32(35)38/h1-6,22-25,27,36H,7-21H2. The number of carbonyl (C=O) groups excluding carboxylic acids is 2. The largest absolute Gasteiger partial charge is 0.389 e. The number of piperidine rings is 1. The maximum absolute atomic E-state index is 13.2. The van der Waals surface area contributed by atoms with Gasteiger partial charge in [-0.1, -0.05) is 24.3 Å². The highest BCUT2D eigenvalue weighted by molar-refractivity contribution is 6.25. The van der Waals surface area contributed by atoms with Gasteiger partial charge in [0.25, 0.3) is 11.8 Å². The first-order chi connectivity index (χ1) is 19.0. The maximum atomic E-state index is 13.2. The maximum Gasteiger partial charge on any atom is 0.261 e. The summed E-state index contributed by atoms with van der Waals surface area (Å²) in [5, 5.41) is 12.4. The molecule has 0 radical (unpaired) electrons. The molecule has 0 spiro atoms. The quantitative estimate of drug-likeness (QED) is 0.360. The molecule has 2 amide bonds. The molecule has 39 heavy (non-hydrogen) atoms. The first-order valence-corrected chi connectivity index (χ1v) is 15.3. The number of ether oxygens (including phenoxy) is 1. The van der Waals surface area contributed by atoms with Crippen molar-refractivity contribution in [2.24, 2.45) is 29.1 Å². The van der Waals surface area contributed by atoms with Crippen molar-refractivity contribution in [3.63, 3.8) is 0 Å². The first kappa shape index (κ1) is 25.7. The minimum atomic E-state index is -0.472. The van der Waals surface area contributed by atoms with Crippen molar-refractivity contribution in [3.8, 4) is 0 Å². The van der Waals surface area contributed by atoms with E-state index in [0.717, 1.165) is 61.1 Å². The van der Waals surface area contributed by atoms with Crippen molar-refractivity contribution in [1.29, 1.82) is 0 Å². The molecule has 4 bridgehead atoms. The first-order valence-electron chi connectivity index (χ1n) is 15.3. The molecule has 1 unspecified atom stereocenters.